The molecule has 152 valence electrons. The standard InChI is InChI=1S/C21H26O6S/c1-14(2)28(23,24)13-15-6-8-17(9-7-15)18(22)10-16-11-19(25-3)21(27-5)20(12-16)26-4/h6-9,11-12,14H,10,13H2,1-5H3. The van der Waals surface area contributed by atoms with Crippen molar-refractivity contribution in [2.24, 2.45) is 0 Å². The summed E-state index contributed by atoms with van der Waals surface area (Å²) in [5, 5.41) is -0.436. The Hall–Kier alpha value is -2.54. The van der Waals surface area contributed by atoms with Gasteiger partial charge in [0.2, 0.25) is 5.75 Å². The van der Waals surface area contributed by atoms with Crippen molar-refractivity contribution >= 4 is 15.6 Å². The molecule has 0 N–H and O–H groups in total. The average Bonchev–Trinajstić information content (AvgIpc) is 2.67. The van der Waals surface area contributed by atoms with Crippen LogP contribution < -0.4 is 14.2 Å². The zero-order valence-electron chi connectivity index (χ0n) is 16.8. The maximum Gasteiger partial charge on any atom is 0.203 e. The molecule has 0 aliphatic heterocycles. The van der Waals surface area contributed by atoms with Gasteiger partial charge in [-0.2, -0.15) is 0 Å². The molecule has 2 rings (SSSR count). The van der Waals surface area contributed by atoms with Crippen LogP contribution in [0.15, 0.2) is 36.4 Å². The highest BCUT2D eigenvalue weighted by Gasteiger charge is 2.18. The number of carbonyl (C=O) groups excluding carboxylic acids is 1. The van der Waals surface area contributed by atoms with E-state index < -0.39 is 15.1 Å². The summed E-state index contributed by atoms with van der Waals surface area (Å²) in [5.74, 6) is 1.31. The lowest BCUT2D eigenvalue weighted by molar-refractivity contribution is 0.0993. The maximum absolute atomic E-state index is 12.6. The molecule has 0 bridgehead atoms. The van der Waals surface area contributed by atoms with E-state index in [1.807, 2.05) is 0 Å². The number of hydrogen-bond acceptors (Lipinski definition) is 6. The van der Waals surface area contributed by atoms with E-state index in [0.717, 1.165) is 5.56 Å². The monoisotopic (exact) mass is 406 g/mol. The number of benzene rings is 2. The predicted octanol–water partition coefficient (Wildman–Crippen LogP) is 3.46. The SMILES string of the molecule is COc1cc(CC(=O)c2ccc(CS(=O)(=O)C(C)C)cc2)cc(OC)c1OC. The minimum atomic E-state index is -3.18. The van der Waals surface area contributed by atoms with Gasteiger partial charge < -0.3 is 14.2 Å². The van der Waals surface area contributed by atoms with E-state index in [4.69, 9.17) is 14.2 Å². The van der Waals surface area contributed by atoms with Gasteiger partial charge in [0.1, 0.15) is 0 Å². The van der Waals surface area contributed by atoms with Crippen molar-refractivity contribution in [3.05, 3.63) is 53.1 Å². The van der Waals surface area contributed by atoms with Crippen LogP contribution in [-0.2, 0) is 22.0 Å². The molecule has 0 unspecified atom stereocenters. The third-order valence-electron chi connectivity index (χ3n) is 4.45. The van der Waals surface area contributed by atoms with Gasteiger partial charge in [0.25, 0.3) is 0 Å². The zero-order valence-corrected chi connectivity index (χ0v) is 17.6. The molecular weight excluding hydrogens is 380 g/mol. The quantitative estimate of drug-likeness (QED) is 0.594. The second-order valence-corrected chi connectivity index (χ2v) is 9.24. The fourth-order valence-electron chi connectivity index (χ4n) is 2.71. The number of carbonyl (C=O) groups is 1. The highest BCUT2D eigenvalue weighted by Crippen LogP contribution is 2.38. The van der Waals surface area contributed by atoms with E-state index in [2.05, 4.69) is 0 Å². The Morgan fingerprint density at radius 2 is 1.43 bits per heavy atom. The Kier molecular flexibility index (Phi) is 7.07. The van der Waals surface area contributed by atoms with E-state index in [1.54, 1.807) is 50.2 Å². The summed E-state index contributed by atoms with van der Waals surface area (Å²) >= 11 is 0. The Labute approximate surface area is 166 Å². The fraction of sp³-hybridized carbons (Fsp3) is 0.381. The molecule has 0 saturated heterocycles. The summed E-state index contributed by atoms with van der Waals surface area (Å²) in [4.78, 5) is 12.6. The van der Waals surface area contributed by atoms with Crippen LogP contribution in [0, 0.1) is 0 Å². The number of methoxy groups -OCH3 is 3. The third kappa shape index (κ3) is 5.04. The van der Waals surface area contributed by atoms with E-state index in [9.17, 15) is 13.2 Å². The van der Waals surface area contributed by atoms with Crippen LogP contribution in [-0.4, -0.2) is 40.8 Å². The highest BCUT2D eigenvalue weighted by molar-refractivity contribution is 7.91. The van der Waals surface area contributed by atoms with Crippen LogP contribution in [0.3, 0.4) is 0 Å². The molecule has 28 heavy (non-hydrogen) atoms. The summed E-state index contributed by atoms with van der Waals surface area (Å²) in [6.07, 6.45) is 0.153. The van der Waals surface area contributed by atoms with E-state index in [-0.39, 0.29) is 18.0 Å². The smallest absolute Gasteiger partial charge is 0.203 e. The van der Waals surface area contributed by atoms with Crippen molar-refractivity contribution < 1.29 is 27.4 Å². The molecule has 2 aromatic rings. The molecule has 0 spiro atoms. The molecule has 0 fully saturated rings. The molecule has 0 heterocycles. The lowest BCUT2D eigenvalue weighted by Crippen LogP contribution is -2.16. The summed E-state index contributed by atoms with van der Waals surface area (Å²) in [6, 6.07) is 10.2. The number of rotatable bonds is 9. The Bertz CT molecular complexity index is 905. The molecule has 7 heteroatoms. The summed E-state index contributed by atoms with van der Waals surface area (Å²) < 4.78 is 40.0. The van der Waals surface area contributed by atoms with Crippen LogP contribution in [0.4, 0.5) is 0 Å². The normalized spacial score (nSPS) is 11.4. The first kappa shape index (κ1) is 21.8. The number of sulfone groups is 1. The van der Waals surface area contributed by atoms with Gasteiger partial charge in [-0.3, -0.25) is 4.79 Å². The van der Waals surface area contributed by atoms with Crippen LogP contribution in [0.25, 0.3) is 0 Å². The van der Waals surface area contributed by atoms with Crippen LogP contribution in [0.1, 0.15) is 35.3 Å². The first-order valence-electron chi connectivity index (χ1n) is 8.84. The Balaban J connectivity index is 2.19. The maximum atomic E-state index is 12.6. The molecule has 2 aromatic carbocycles. The molecule has 0 aromatic heterocycles. The molecule has 0 aliphatic carbocycles. The minimum Gasteiger partial charge on any atom is -0.493 e. The van der Waals surface area contributed by atoms with Gasteiger partial charge in [-0.15, -0.1) is 0 Å². The number of ketones is 1. The van der Waals surface area contributed by atoms with Crippen molar-refractivity contribution in [2.75, 3.05) is 21.3 Å². The average molecular weight is 407 g/mol. The molecule has 0 saturated carbocycles. The zero-order chi connectivity index (χ0) is 20.9. The number of hydrogen-bond donors (Lipinski definition) is 0. The van der Waals surface area contributed by atoms with Crippen molar-refractivity contribution in [3.8, 4) is 17.2 Å². The fourth-order valence-corrected chi connectivity index (χ4v) is 3.70. The largest absolute Gasteiger partial charge is 0.493 e. The molecular formula is C21H26O6S. The van der Waals surface area contributed by atoms with Crippen LogP contribution >= 0.6 is 0 Å². The van der Waals surface area contributed by atoms with Crippen molar-refractivity contribution in [1.82, 2.24) is 0 Å². The summed E-state index contributed by atoms with van der Waals surface area (Å²) in [5.41, 5.74) is 1.91. The van der Waals surface area contributed by atoms with Crippen LogP contribution in [0.2, 0.25) is 0 Å². The van der Waals surface area contributed by atoms with Crippen molar-refractivity contribution in [1.29, 1.82) is 0 Å². The molecule has 0 atom stereocenters. The molecule has 0 amide bonds. The van der Waals surface area contributed by atoms with Gasteiger partial charge in [0, 0.05) is 12.0 Å². The molecule has 0 radical (unpaired) electrons. The van der Waals surface area contributed by atoms with Gasteiger partial charge in [0.15, 0.2) is 27.1 Å². The van der Waals surface area contributed by atoms with Gasteiger partial charge >= 0.3 is 0 Å². The van der Waals surface area contributed by atoms with Crippen molar-refractivity contribution in [3.63, 3.8) is 0 Å². The Morgan fingerprint density at radius 1 is 0.893 bits per heavy atom. The van der Waals surface area contributed by atoms with E-state index in [1.165, 1.54) is 21.3 Å². The lowest BCUT2D eigenvalue weighted by atomic mass is 10.0. The Morgan fingerprint density at radius 3 is 1.86 bits per heavy atom. The lowest BCUT2D eigenvalue weighted by Gasteiger charge is -2.14. The van der Waals surface area contributed by atoms with E-state index in [0.29, 0.717) is 28.4 Å². The predicted molar refractivity (Wildman–Crippen MR) is 108 cm³/mol. The molecule has 0 aliphatic rings. The highest BCUT2D eigenvalue weighted by atomic mass is 32.2. The second kappa shape index (κ2) is 9.10. The summed E-state index contributed by atoms with van der Waals surface area (Å²) in [7, 11) is 1.38. The first-order chi connectivity index (χ1) is 13.2. The van der Waals surface area contributed by atoms with Crippen molar-refractivity contribution in [2.45, 2.75) is 31.3 Å². The third-order valence-corrected chi connectivity index (χ3v) is 6.62. The van der Waals surface area contributed by atoms with Gasteiger partial charge in [-0.05, 0) is 37.1 Å². The second-order valence-electron chi connectivity index (χ2n) is 6.69. The summed E-state index contributed by atoms with van der Waals surface area (Å²) in [6.45, 7) is 3.31. The van der Waals surface area contributed by atoms with Crippen LogP contribution in [0.5, 0.6) is 17.2 Å². The minimum absolute atomic E-state index is 0.0357. The number of ether oxygens (including phenoxy) is 3. The van der Waals surface area contributed by atoms with Gasteiger partial charge in [-0.25, -0.2) is 8.42 Å². The van der Waals surface area contributed by atoms with Gasteiger partial charge in [0.05, 0.1) is 32.3 Å². The first-order valence-corrected chi connectivity index (χ1v) is 10.6. The molecule has 6 nitrogen and oxygen atoms in total. The van der Waals surface area contributed by atoms with E-state index >= 15 is 0 Å². The number of Topliss-reactive ketones (excluding diaryl/α,β-unsaturated/α-hetero) is 1. The van der Waals surface area contributed by atoms with Gasteiger partial charge in [-0.1, -0.05) is 24.3 Å². The topological polar surface area (TPSA) is 78.9 Å².